The summed E-state index contributed by atoms with van der Waals surface area (Å²) < 4.78 is 0. The van der Waals surface area contributed by atoms with Crippen LogP contribution in [0, 0.1) is 11.8 Å². The lowest BCUT2D eigenvalue weighted by molar-refractivity contribution is -0.123. The van der Waals surface area contributed by atoms with Crippen LogP contribution in [0.2, 0.25) is 0 Å². The maximum atomic E-state index is 12.0. The molecule has 4 heteroatoms. The first kappa shape index (κ1) is 13.4. The van der Waals surface area contributed by atoms with Crippen LogP contribution in [0.25, 0.3) is 0 Å². The molecule has 2 saturated heterocycles. The highest BCUT2D eigenvalue weighted by Crippen LogP contribution is 2.31. The van der Waals surface area contributed by atoms with Crippen molar-refractivity contribution in [3.05, 3.63) is 0 Å². The molecule has 3 rings (SSSR count). The molecule has 0 radical (unpaired) electrons. The minimum absolute atomic E-state index is 0.0751. The smallest absolute Gasteiger partial charge is 0.237 e. The molecule has 2 aliphatic heterocycles. The Morgan fingerprint density at radius 2 is 2.05 bits per heavy atom. The number of nitrogens with zero attached hydrogens (tertiary/aromatic N) is 1. The molecule has 3 fully saturated rings. The Labute approximate surface area is 116 Å². The number of hydrogen-bond donors (Lipinski definition) is 2. The van der Waals surface area contributed by atoms with Crippen LogP contribution < -0.4 is 10.6 Å². The minimum atomic E-state index is 0.0751. The van der Waals surface area contributed by atoms with Gasteiger partial charge in [0.05, 0.1) is 6.04 Å². The van der Waals surface area contributed by atoms with Gasteiger partial charge in [-0.15, -0.1) is 0 Å². The summed E-state index contributed by atoms with van der Waals surface area (Å²) in [7, 11) is 0. The van der Waals surface area contributed by atoms with Gasteiger partial charge in [-0.3, -0.25) is 4.79 Å². The van der Waals surface area contributed by atoms with Gasteiger partial charge in [-0.2, -0.15) is 0 Å². The molecule has 1 aliphatic carbocycles. The molecule has 19 heavy (non-hydrogen) atoms. The van der Waals surface area contributed by atoms with Crippen LogP contribution in [0.5, 0.6) is 0 Å². The van der Waals surface area contributed by atoms with E-state index in [1.165, 1.54) is 45.3 Å². The van der Waals surface area contributed by atoms with Crippen LogP contribution in [-0.4, -0.2) is 49.6 Å². The van der Waals surface area contributed by atoms with Crippen molar-refractivity contribution in [2.45, 2.75) is 44.6 Å². The molecular weight excluding hydrogens is 238 g/mol. The van der Waals surface area contributed by atoms with E-state index < -0.39 is 0 Å². The number of amides is 1. The first-order valence-electron chi connectivity index (χ1n) is 8.05. The lowest BCUT2D eigenvalue weighted by Crippen LogP contribution is -2.45. The molecule has 1 saturated carbocycles. The zero-order valence-electron chi connectivity index (χ0n) is 11.9. The van der Waals surface area contributed by atoms with E-state index in [1.807, 2.05) is 0 Å². The van der Waals surface area contributed by atoms with Crippen molar-refractivity contribution in [1.82, 2.24) is 15.5 Å². The highest BCUT2D eigenvalue weighted by atomic mass is 16.2. The second kappa shape index (κ2) is 6.23. The Bertz CT molecular complexity index is 311. The molecule has 2 N–H and O–H groups in total. The van der Waals surface area contributed by atoms with Gasteiger partial charge < -0.3 is 15.5 Å². The number of piperidine rings is 1. The lowest BCUT2D eigenvalue weighted by Gasteiger charge is -2.33. The van der Waals surface area contributed by atoms with Gasteiger partial charge in [-0.1, -0.05) is 0 Å². The summed E-state index contributed by atoms with van der Waals surface area (Å²) in [6.45, 7) is 5.63. The van der Waals surface area contributed by atoms with Crippen molar-refractivity contribution in [3.8, 4) is 0 Å². The Kier molecular flexibility index (Phi) is 4.38. The third-order valence-corrected chi connectivity index (χ3v) is 4.76. The molecule has 4 nitrogen and oxygen atoms in total. The first-order valence-corrected chi connectivity index (χ1v) is 8.05. The highest BCUT2D eigenvalue weighted by molar-refractivity contribution is 5.81. The summed E-state index contributed by atoms with van der Waals surface area (Å²) in [5.74, 6) is 1.87. The number of hydrogen-bond acceptors (Lipinski definition) is 3. The standard InChI is InChI=1S/C15H27N3O/c19-15(14-4-1-7-16-14)17-9-13-3-2-8-18(11-13)10-12-5-6-12/h12-14,16H,1-11H2,(H,17,19). The zero-order chi connectivity index (χ0) is 13.1. The van der Waals surface area contributed by atoms with Gasteiger partial charge in [-0.25, -0.2) is 0 Å². The number of rotatable bonds is 5. The van der Waals surface area contributed by atoms with E-state index >= 15 is 0 Å². The summed E-state index contributed by atoms with van der Waals surface area (Å²) in [6.07, 6.45) is 7.59. The van der Waals surface area contributed by atoms with Gasteiger partial charge in [-0.05, 0) is 63.5 Å². The van der Waals surface area contributed by atoms with Crippen molar-refractivity contribution in [1.29, 1.82) is 0 Å². The van der Waals surface area contributed by atoms with Crippen LogP contribution in [0.15, 0.2) is 0 Å². The van der Waals surface area contributed by atoms with E-state index in [-0.39, 0.29) is 11.9 Å². The van der Waals surface area contributed by atoms with E-state index in [0.717, 1.165) is 31.8 Å². The van der Waals surface area contributed by atoms with Gasteiger partial charge in [0, 0.05) is 19.6 Å². The fourth-order valence-corrected chi connectivity index (χ4v) is 3.43. The van der Waals surface area contributed by atoms with Crippen molar-refractivity contribution < 1.29 is 4.79 Å². The van der Waals surface area contributed by atoms with Gasteiger partial charge in [0.2, 0.25) is 5.91 Å². The van der Waals surface area contributed by atoms with Gasteiger partial charge in [0.15, 0.2) is 0 Å². The second-order valence-corrected chi connectivity index (χ2v) is 6.61. The SMILES string of the molecule is O=C(NCC1CCCN(CC2CC2)C1)C1CCCN1. The van der Waals surface area contributed by atoms with Crippen molar-refractivity contribution in [2.75, 3.05) is 32.7 Å². The van der Waals surface area contributed by atoms with Gasteiger partial charge >= 0.3 is 0 Å². The summed E-state index contributed by atoms with van der Waals surface area (Å²) in [4.78, 5) is 14.6. The molecule has 2 atom stereocenters. The Balaban J connectivity index is 1.37. The molecule has 1 amide bonds. The Hall–Kier alpha value is -0.610. The predicted molar refractivity (Wildman–Crippen MR) is 75.9 cm³/mol. The summed E-state index contributed by atoms with van der Waals surface area (Å²) in [5, 5.41) is 6.42. The molecule has 0 bridgehead atoms. The maximum absolute atomic E-state index is 12.0. The average molecular weight is 265 g/mol. The molecule has 0 spiro atoms. The molecular formula is C15H27N3O. The van der Waals surface area contributed by atoms with Gasteiger partial charge in [0.1, 0.15) is 0 Å². The van der Waals surface area contributed by atoms with Crippen LogP contribution in [0.1, 0.15) is 38.5 Å². The summed E-state index contributed by atoms with van der Waals surface area (Å²) in [5.41, 5.74) is 0. The normalized spacial score (nSPS) is 32.4. The van der Waals surface area contributed by atoms with E-state index in [9.17, 15) is 4.79 Å². The average Bonchev–Trinajstić information content (AvgIpc) is 3.07. The maximum Gasteiger partial charge on any atom is 0.237 e. The van der Waals surface area contributed by atoms with Crippen LogP contribution in [0.4, 0.5) is 0 Å². The highest BCUT2D eigenvalue weighted by Gasteiger charge is 2.28. The first-order chi connectivity index (χ1) is 9.31. The van der Waals surface area contributed by atoms with E-state index in [4.69, 9.17) is 0 Å². The topological polar surface area (TPSA) is 44.4 Å². The molecule has 0 aromatic carbocycles. The quantitative estimate of drug-likeness (QED) is 0.779. The molecule has 2 heterocycles. The number of carbonyl (C=O) groups is 1. The lowest BCUT2D eigenvalue weighted by atomic mass is 9.97. The van der Waals surface area contributed by atoms with E-state index in [1.54, 1.807) is 0 Å². The third-order valence-electron chi connectivity index (χ3n) is 4.76. The number of carbonyl (C=O) groups excluding carboxylic acids is 1. The van der Waals surface area contributed by atoms with Crippen LogP contribution in [0.3, 0.4) is 0 Å². The Morgan fingerprint density at radius 1 is 1.16 bits per heavy atom. The fourth-order valence-electron chi connectivity index (χ4n) is 3.43. The van der Waals surface area contributed by atoms with E-state index in [2.05, 4.69) is 15.5 Å². The minimum Gasteiger partial charge on any atom is -0.354 e. The zero-order valence-corrected chi connectivity index (χ0v) is 11.9. The molecule has 2 unspecified atom stereocenters. The molecule has 0 aromatic rings. The predicted octanol–water partition coefficient (Wildman–Crippen LogP) is 0.977. The van der Waals surface area contributed by atoms with Crippen LogP contribution >= 0.6 is 0 Å². The summed E-state index contributed by atoms with van der Waals surface area (Å²) >= 11 is 0. The van der Waals surface area contributed by atoms with Gasteiger partial charge in [0.25, 0.3) is 0 Å². The monoisotopic (exact) mass is 265 g/mol. The van der Waals surface area contributed by atoms with Crippen molar-refractivity contribution in [2.24, 2.45) is 11.8 Å². The largest absolute Gasteiger partial charge is 0.354 e. The Morgan fingerprint density at radius 3 is 2.79 bits per heavy atom. The van der Waals surface area contributed by atoms with E-state index in [0.29, 0.717) is 5.92 Å². The summed E-state index contributed by atoms with van der Waals surface area (Å²) in [6, 6.07) is 0.0751. The second-order valence-electron chi connectivity index (χ2n) is 6.61. The third kappa shape index (κ3) is 3.93. The van der Waals surface area contributed by atoms with Crippen molar-refractivity contribution >= 4 is 5.91 Å². The fraction of sp³-hybridized carbons (Fsp3) is 0.933. The van der Waals surface area contributed by atoms with Crippen molar-refractivity contribution in [3.63, 3.8) is 0 Å². The molecule has 3 aliphatic rings. The molecule has 108 valence electrons. The van der Waals surface area contributed by atoms with Crippen LogP contribution in [-0.2, 0) is 4.79 Å². The number of nitrogens with one attached hydrogen (secondary N) is 2. The number of likely N-dealkylation sites (tertiary alicyclic amines) is 1. The molecule has 0 aromatic heterocycles.